The standard InChI is InChI=1S/C14H11BrN4O2S/c15-11-5-1-4-8-14(11)22(20,21)18-12-6-2-3-7-13(12)19-10-16-9-17-19/h1-10,18H. The highest BCUT2D eigenvalue weighted by molar-refractivity contribution is 9.10. The predicted octanol–water partition coefficient (Wildman–Crippen LogP) is 2.83. The lowest BCUT2D eigenvalue weighted by atomic mass is 10.3. The van der Waals surface area contributed by atoms with Gasteiger partial charge in [0, 0.05) is 4.47 Å². The first-order valence-corrected chi connectivity index (χ1v) is 8.57. The number of anilines is 1. The number of hydrogen-bond donors (Lipinski definition) is 1. The monoisotopic (exact) mass is 378 g/mol. The summed E-state index contributed by atoms with van der Waals surface area (Å²) in [5.41, 5.74) is 1.01. The normalized spacial score (nSPS) is 11.3. The van der Waals surface area contributed by atoms with Gasteiger partial charge in [0.25, 0.3) is 10.0 Å². The molecule has 0 unspecified atom stereocenters. The van der Waals surface area contributed by atoms with Crippen molar-refractivity contribution >= 4 is 31.6 Å². The van der Waals surface area contributed by atoms with Crippen LogP contribution in [0.15, 0.2) is 70.6 Å². The zero-order valence-electron chi connectivity index (χ0n) is 11.2. The molecule has 0 aliphatic carbocycles. The quantitative estimate of drug-likeness (QED) is 0.756. The summed E-state index contributed by atoms with van der Waals surface area (Å²) < 4.78 is 29.7. The summed E-state index contributed by atoms with van der Waals surface area (Å²) in [7, 11) is -3.72. The Hall–Kier alpha value is -2.19. The van der Waals surface area contributed by atoms with Crippen LogP contribution in [0.4, 0.5) is 5.69 Å². The number of hydrogen-bond acceptors (Lipinski definition) is 4. The molecule has 0 bridgehead atoms. The van der Waals surface area contributed by atoms with E-state index >= 15 is 0 Å². The van der Waals surface area contributed by atoms with Crippen LogP contribution in [0.1, 0.15) is 0 Å². The number of aromatic nitrogens is 3. The maximum absolute atomic E-state index is 12.6. The Morgan fingerprint density at radius 2 is 1.77 bits per heavy atom. The van der Waals surface area contributed by atoms with Gasteiger partial charge in [0.05, 0.1) is 11.4 Å². The Bertz CT molecular complexity index is 895. The molecule has 0 saturated carbocycles. The molecule has 3 aromatic rings. The SMILES string of the molecule is O=S(=O)(Nc1ccccc1-n1cncn1)c1ccccc1Br. The second kappa shape index (κ2) is 5.90. The van der Waals surface area contributed by atoms with Gasteiger partial charge in [-0.1, -0.05) is 24.3 Å². The van der Waals surface area contributed by atoms with E-state index in [1.807, 2.05) is 0 Å². The summed E-state index contributed by atoms with van der Waals surface area (Å²) >= 11 is 3.26. The van der Waals surface area contributed by atoms with Crippen LogP contribution < -0.4 is 4.72 Å². The van der Waals surface area contributed by atoms with E-state index in [1.165, 1.54) is 23.4 Å². The first kappa shape index (κ1) is 14.7. The van der Waals surface area contributed by atoms with E-state index in [0.717, 1.165) is 0 Å². The van der Waals surface area contributed by atoms with E-state index in [2.05, 4.69) is 30.7 Å². The number of rotatable bonds is 4. The van der Waals surface area contributed by atoms with Gasteiger partial charge in [0.15, 0.2) is 0 Å². The molecule has 0 spiro atoms. The molecule has 6 nitrogen and oxygen atoms in total. The Morgan fingerprint density at radius 3 is 2.50 bits per heavy atom. The van der Waals surface area contributed by atoms with E-state index in [9.17, 15) is 8.42 Å². The number of nitrogens with one attached hydrogen (secondary N) is 1. The molecule has 8 heteroatoms. The van der Waals surface area contributed by atoms with Crippen molar-refractivity contribution in [1.82, 2.24) is 14.8 Å². The molecule has 22 heavy (non-hydrogen) atoms. The molecule has 0 saturated heterocycles. The lowest BCUT2D eigenvalue weighted by molar-refractivity contribution is 0.600. The number of nitrogens with zero attached hydrogens (tertiary/aromatic N) is 3. The van der Waals surface area contributed by atoms with E-state index in [-0.39, 0.29) is 4.90 Å². The highest BCUT2D eigenvalue weighted by Crippen LogP contribution is 2.26. The number of para-hydroxylation sites is 2. The Balaban J connectivity index is 2.03. The van der Waals surface area contributed by atoms with Gasteiger partial charge in [-0.3, -0.25) is 4.72 Å². The van der Waals surface area contributed by atoms with Gasteiger partial charge in [0.2, 0.25) is 0 Å². The van der Waals surface area contributed by atoms with Crippen LogP contribution in [0.5, 0.6) is 0 Å². The zero-order valence-corrected chi connectivity index (χ0v) is 13.6. The second-order valence-electron chi connectivity index (χ2n) is 4.39. The lowest BCUT2D eigenvalue weighted by Crippen LogP contribution is -2.15. The smallest absolute Gasteiger partial charge is 0.263 e. The van der Waals surface area contributed by atoms with Crippen LogP contribution in [-0.2, 0) is 10.0 Å². The average Bonchev–Trinajstić information content (AvgIpc) is 3.02. The van der Waals surface area contributed by atoms with Gasteiger partial charge in [-0.05, 0) is 40.2 Å². The topological polar surface area (TPSA) is 76.9 Å². The molecule has 3 rings (SSSR count). The van der Waals surface area contributed by atoms with Crippen LogP contribution in [0, 0.1) is 0 Å². The number of benzene rings is 2. The summed E-state index contributed by atoms with van der Waals surface area (Å²) in [6.45, 7) is 0. The molecule has 2 aromatic carbocycles. The Morgan fingerprint density at radius 1 is 1.05 bits per heavy atom. The summed E-state index contributed by atoms with van der Waals surface area (Å²) in [5, 5.41) is 4.03. The van der Waals surface area contributed by atoms with Crippen LogP contribution in [0.2, 0.25) is 0 Å². The van der Waals surface area contributed by atoms with Crippen molar-refractivity contribution in [3.8, 4) is 5.69 Å². The third kappa shape index (κ3) is 2.88. The minimum absolute atomic E-state index is 0.170. The first-order chi connectivity index (χ1) is 10.6. The van der Waals surface area contributed by atoms with Gasteiger partial charge in [0.1, 0.15) is 17.6 Å². The summed E-state index contributed by atoms with van der Waals surface area (Å²) in [6, 6.07) is 13.6. The van der Waals surface area contributed by atoms with Crippen molar-refractivity contribution in [2.24, 2.45) is 0 Å². The van der Waals surface area contributed by atoms with Crippen LogP contribution in [0.3, 0.4) is 0 Å². The molecular weight excluding hydrogens is 368 g/mol. The van der Waals surface area contributed by atoms with Crippen molar-refractivity contribution in [3.63, 3.8) is 0 Å². The van der Waals surface area contributed by atoms with Gasteiger partial charge in [-0.2, -0.15) is 5.10 Å². The molecule has 0 atom stereocenters. The molecule has 0 amide bonds. The minimum Gasteiger partial charge on any atom is -0.277 e. The zero-order chi connectivity index (χ0) is 15.6. The van der Waals surface area contributed by atoms with Crippen molar-refractivity contribution < 1.29 is 8.42 Å². The largest absolute Gasteiger partial charge is 0.277 e. The van der Waals surface area contributed by atoms with Crippen molar-refractivity contribution in [2.75, 3.05) is 4.72 Å². The molecule has 112 valence electrons. The summed E-state index contributed by atoms with van der Waals surface area (Å²) in [5.74, 6) is 0. The Kier molecular flexibility index (Phi) is 3.95. The lowest BCUT2D eigenvalue weighted by Gasteiger charge is -2.13. The average molecular weight is 379 g/mol. The summed E-state index contributed by atoms with van der Waals surface area (Å²) in [6.07, 6.45) is 2.89. The summed E-state index contributed by atoms with van der Waals surface area (Å²) in [4.78, 5) is 4.05. The van der Waals surface area contributed by atoms with Crippen molar-refractivity contribution in [2.45, 2.75) is 4.90 Å². The fourth-order valence-corrected chi connectivity index (χ4v) is 4.03. The fourth-order valence-electron chi connectivity index (χ4n) is 1.95. The van der Waals surface area contributed by atoms with E-state index in [1.54, 1.807) is 42.5 Å². The molecule has 0 fully saturated rings. The molecule has 0 aliphatic rings. The molecule has 1 aromatic heterocycles. The van der Waals surface area contributed by atoms with Gasteiger partial charge in [-0.25, -0.2) is 18.1 Å². The van der Waals surface area contributed by atoms with Gasteiger partial charge >= 0.3 is 0 Å². The molecule has 1 N–H and O–H groups in total. The molecule has 0 aliphatic heterocycles. The maximum atomic E-state index is 12.6. The highest BCUT2D eigenvalue weighted by atomic mass is 79.9. The third-order valence-corrected chi connectivity index (χ3v) is 5.32. The molecule has 1 heterocycles. The molecular formula is C14H11BrN4O2S. The van der Waals surface area contributed by atoms with E-state index in [0.29, 0.717) is 15.8 Å². The van der Waals surface area contributed by atoms with Crippen molar-refractivity contribution in [1.29, 1.82) is 0 Å². The van der Waals surface area contributed by atoms with Crippen molar-refractivity contribution in [3.05, 3.63) is 65.7 Å². The number of halogens is 1. The van der Waals surface area contributed by atoms with E-state index < -0.39 is 10.0 Å². The van der Waals surface area contributed by atoms with Crippen LogP contribution >= 0.6 is 15.9 Å². The maximum Gasteiger partial charge on any atom is 0.263 e. The Labute approximate surface area is 136 Å². The van der Waals surface area contributed by atoms with Gasteiger partial charge in [-0.15, -0.1) is 0 Å². The predicted molar refractivity (Wildman–Crippen MR) is 86.3 cm³/mol. The minimum atomic E-state index is -3.72. The van der Waals surface area contributed by atoms with Crippen LogP contribution in [0.25, 0.3) is 5.69 Å². The fraction of sp³-hybridized carbons (Fsp3) is 0. The van der Waals surface area contributed by atoms with Crippen LogP contribution in [-0.4, -0.2) is 23.2 Å². The second-order valence-corrected chi connectivity index (χ2v) is 6.90. The van der Waals surface area contributed by atoms with Gasteiger partial charge < -0.3 is 0 Å². The third-order valence-electron chi connectivity index (χ3n) is 2.94. The highest BCUT2D eigenvalue weighted by Gasteiger charge is 2.19. The molecule has 0 radical (unpaired) electrons. The number of sulfonamides is 1. The first-order valence-electron chi connectivity index (χ1n) is 6.29. The van der Waals surface area contributed by atoms with E-state index in [4.69, 9.17) is 0 Å².